The first-order valence-electron chi connectivity index (χ1n) is 5.43. The van der Waals surface area contributed by atoms with Crippen LogP contribution in [-0.2, 0) is 4.74 Å². The summed E-state index contributed by atoms with van der Waals surface area (Å²) < 4.78 is 7.28. The van der Waals surface area contributed by atoms with Gasteiger partial charge in [0.2, 0.25) is 0 Å². The minimum atomic E-state index is 0.406. The summed E-state index contributed by atoms with van der Waals surface area (Å²) in [6.45, 7) is 1.59. The highest BCUT2D eigenvalue weighted by Crippen LogP contribution is 2.27. The van der Waals surface area contributed by atoms with E-state index in [9.17, 15) is 0 Å². The maximum atomic E-state index is 6.17. The topological polar surface area (TPSA) is 39.4 Å². The number of hydrogen-bond acceptors (Lipinski definition) is 3. The molecule has 0 radical (unpaired) electrons. The Hall–Kier alpha value is -1.13. The smallest absolute Gasteiger partial charge is 0.161 e. The molecule has 1 saturated heterocycles. The lowest BCUT2D eigenvalue weighted by atomic mass is 10.00. The summed E-state index contributed by atoms with van der Waals surface area (Å²) >= 11 is 6.17. The summed E-state index contributed by atoms with van der Waals surface area (Å²) in [6, 6.07) is 5.67. The van der Waals surface area contributed by atoms with Crippen molar-refractivity contribution < 1.29 is 4.74 Å². The summed E-state index contributed by atoms with van der Waals surface area (Å²) in [5.41, 5.74) is 0.814. The minimum absolute atomic E-state index is 0.406. The lowest BCUT2D eigenvalue weighted by Gasteiger charge is -2.20. The highest BCUT2D eigenvalue weighted by molar-refractivity contribution is 6.29. The van der Waals surface area contributed by atoms with E-state index in [4.69, 9.17) is 16.3 Å². The van der Waals surface area contributed by atoms with Gasteiger partial charge in [-0.25, -0.2) is 0 Å². The molecule has 5 heteroatoms. The van der Waals surface area contributed by atoms with Crippen LogP contribution in [0.15, 0.2) is 18.2 Å². The molecule has 84 valence electrons. The fourth-order valence-corrected chi connectivity index (χ4v) is 2.39. The molecule has 0 aliphatic carbocycles. The van der Waals surface area contributed by atoms with Gasteiger partial charge in [-0.2, -0.15) is 0 Å². The van der Waals surface area contributed by atoms with Gasteiger partial charge in [0.15, 0.2) is 5.65 Å². The number of rotatable bonds is 1. The first-order valence-corrected chi connectivity index (χ1v) is 5.81. The van der Waals surface area contributed by atoms with Crippen LogP contribution in [0.4, 0.5) is 0 Å². The molecule has 0 N–H and O–H groups in total. The van der Waals surface area contributed by atoms with Crippen molar-refractivity contribution in [3.8, 4) is 0 Å². The van der Waals surface area contributed by atoms with Gasteiger partial charge in [-0.1, -0.05) is 17.7 Å². The number of pyridine rings is 1. The standard InChI is InChI=1S/C11H12ClN3O/c12-9-2-1-3-10-13-14-11(15(9)10)8-4-6-16-7-5-8/h1-3,8H,4-7H2. The van der Waals surface area contributed by atoms with Gasteiger partial charge in [-0.05, 0) is 25.0 Å². The summed E-state index contributed by atoms with van der Waals surface area (Å²) in [6.07, 6.45) is 1.98. The van der Waals surface area contributed by atoms with Gasteiger partial charge < -0.3 is 4.74 Å². The van der Waals surface area contributed by atoms with Gasteiger partial charge in [-0.3, -0.25) is 4.40 Å². The molecule has 0 aromatic carbocycles. The van der Waals surface area contributed by atoms with E-state index in [1.54, 1.807) is 0 Å². The SMILES string of the molecule is Clc1cccc2nnc(C3CCOCC3)n12. The lowest BCUT2D eigenvalue weighted by molar-refractivity contribution is 0.0834. The maximum Gasteiger partial charge on any atom is 0.161 e. The zero-order chi connectivity index (χ0) is 11.0. The number of halogens is 1. The molecule has 0 amide bonds. The van der Waals surface area contributed by atoms with Crippen LogP contribution in [0.3, 0.4) is 0 Å². The van der Waals surface area contributed by atoms with Crippen LogP contribution < -0.4 is 0 Å². The Kier molecular flexibility index (Phi) is 2.53. The third kappa shape index (κ3) is 1.58. The number of ether oxygens (including phenoxy) is 1. The van der Waals surface area contributed by atoms with Gasteiger partial charge in [0, 0.05) is 19.1 Å². The monoisotopic (exact) mass is 237 g/mol. The second-order valence-corrected chi connectivity index (χ2v) is 4.37. The van der Waals surface area contributed by atoms with E-state index in [0.717, 1.165) is 37.5 Å². The van der Waals surface area contributed by atoms with Crippen LogP contribution in [0, 0.1) is 0 Å². The van der Waals surface area contributed by atoms with Crippen LogP contribution in [0.25, 0.3) is 5.65 Å². The highest BCUT2D eigenvalue weighted by atomic mass is 35.5. The maximum absolute atomic E-state index is 6.17. The van der Waals surface area contributed by atoms with Crippen molar-refractivity contribution in [2.24, 2.45) is 0 Å². The molecule has 3 heterocycles. The second-order valence-electron chi connectivity index (χ2n) is 3.99. The summed E-state index contributed by atoms with van der Waals surface area (Å²) in [7, 11) is 0. The Morgan fingerprint density at radius 1 is 1.25 bits per heavy atom. The third-order valence-electron chi connectivity index (χ3n) is 2.99. The molecule has 1 aliphatic rings. The molecule has 2 aromatic heterocycles. The Labute approximate surface area is 98.2 Å². The first-order chi connectivity index (χ1) is 7.86. The fraction of sp³-hybridized carbons (Fsp3) is 0.455. The number of aromatic nitrogens is 3. The number of fused-ring (bicyclic) bond motifs is 1. The van der Waals surface area contributed by atoms with Gasteiger partial charge in [0.1, 0.15) is 11.0 Å². The quantitative estimate of drug-likeness (QED) is 0.715. The molecule has 0 unspecified atom stereocenters. The van der Waals surface area contributed by atoms with Crippen LogP contribution in [0.2, 0.25) is 5.15 Å². The Morgan fingerprint density at radius 2 is 2.06 bits per heavy atom. The molecular weight excluding hydrogens is 226 g/mol. The number of hydrogen-bond donors (Lipinski definition) is 0. The van der Waals surface area contributed by atoms with Crippen molar-refractivity contribution >= 4 is 17.2 Å². The average molecular weight is 238 g/mol. The molecule has 4 nitrogen and oxygen atoms in total. The summed E-state index contributed by atoms with van der Waals surface area (Å²) in [5.74, 6) is 1.37. The van der Waals surface area contributed by atoms with Gasteiger partial charge in [0.25, 0.3) is 0 Å². The molecule has 3 rings (SSSR count). The highest BCUT2D eigenvalue weighted by Gasteiger charge is 2.21. The van der Waals surface area contributed by atoms with E-state index in [-0.39, 0.29) is 0 Å². The zero-order valence-corrected chi connectivity index (χ0v) is 9.52. The molecule has 1 aliphatic heterocycles. The molecule has 0 spiro atoms. The van der Waals surface area contributed by atoms with E-state index in [1.807, 2.05) is 22.6 Å². The average Bonchev–Trinajstić information content (AvgIpc) is 2.75. The van der Waals surface area contributed by atoms with Crippen molar-refractivity contribution in [3.63, 3.8) is 0 Å². The van der Waals surface area contributed by atoms with Gasteiger partial charge >= 0.3 is 0 Å². The van der Waals surface area contributed by atoms with Crippen molar-refractivity contribution in [3.05, 3.63) is 29.2 Å². The summed E-state index contributed by atoms with van der Waals surface area (Å²) in [4.78, 5) is 0. The van der Waals surface area contributed by atoms with Crippen molar-refractivity contribution in [1.82, 2.24) is 14.6 Å². The van der Waals surface area contributed by atoms with Crippen LogP contribution >= 0.6 is 11.6 Å². The fourth-order valence-electron chi connectivity index (χ4n) is 2.14. The van der Waals surface area contributed by atoms with Crippen molar-refractivity contribution in [2.45, 2.75) is 18.8 Å². The predicted molar refractivity (Wildman–Crippen MR) is 60.8 cm³/mol. The normalized spacial score (nSPS) is 18.1. The molecule has 0 saturated carbocycles. The van der Waals surface area contributed by atoms with Crippen molar-refractivity contribution in [1.29, 1.82) is 0 Å². The van der Waals surface area contributed by atoms with E-state index >= 15 is 0 Å². The van der Waals surface area contributed by atoms with E-state index < -0.39 is 0 Å². The Morgan fingerprint density at radius 3 is 2.88 bits per heavy atom. The Balaban J connectivity index is 2.09. The van der Waals surface area contributed by atoms with Crippen LogP contribution in [0.5, 0.6) is 0 Å². The minimum Gasteiger partial charge on any atom is -0.381 e. The largest absolute Gasteiger partial charge is 0.381 e. The van der Waals surface area contributed by atoms with Gasteiger partial charge in [0.05, 0.1) is 0 Å². The zero-order valence-electron chi connectivity index (χ0n) is 8.77. The first kappa shape index (κ1) is 10.1. The molecule has 0 bridgehead atoms. The van der Waals surface area contributed by atoms with Crippen molar-refractivity contribution in [2.75, 3.05) is 13.2 Å². The van der Waals surface area contributed by atoms with Crippen LogP contribution in [0.1, 0.15) is 24.6 Å². The molecule has 16 heavy (non-hydrogen) atoms. The molecular formula is C11H12ClN3O. The molecule has 1 fully saturated rings. The third-order valence-corrected chi connectivity index (χ3v) is 3.29. The second kappa shape index (κ2) is 4.03. The van der Waals surface area contributed by atoms with Crippen LogP contribution in [-0.4, -0.2) is 27.8 Å². The lowest BCUT2D eigenvalue weighted by Crippen LogP contribution is -2.16. The van der Waals surface area contributed by atoms with E-state index in [1.165, 1.54) is 0 Å². The molecule has 0 atom stereocenters. The molecule has 2 aromatic rings. The number of nitrogens with zero attached hydrogens (tertiary/aromatic N) is 3. The van der Waals surface area contributed by atoms with Gasteiger partial charge in [-0.15, -0.1) is 10.2 Å². The van der Waals surface area contributed by atoms with E-state index in [0.29, 0.717) is 11.1 Å². The predicted octanol–water partition coefficient (Wildman–Crippen LogP) is 2.28. The Bertz CT molecular complexity index is 505. The van der Waals surface area contributed by atoms with E-state index in [2.05, 4.69) is 10.2 Å². The summed E-state index contributed by atoms with van der Waals surface area (Å²) in [5, 5.41) is 9.07.